The van der Waals surface area contributed by atoms with Crippen molar-refractivity contribution in [3.05, 3.63) is 65.6 Å². The molecule has 0 atom stereocenters. The summed E-state index contributed by atoms with van der Waals surface area (Å²) in [5, 5.41) is 20.8. The van der Waals surface area contributed by atoms with Crippen LogP contribution in [0.4, 0.5) is 14.9 Å². The molecule has 3 aromatic rings. The van der Waals surface area contributed by atoms with Crippen LogP contribution in [0.5, 0.6) is 5.75 Å². The highest BCUT2D eigenvalue weighted by Crippen LogP contribution is 2.39. The molecular weight excluding hydrogens is 447 g/mol. The lowest BCUT2D eigenvalue weighted by Gasteiger charge is -2.25. The fourth-order valence-electron chi connectivity index (χ4n) is 4.31. The minimum absolute atomic E-state index is 0.00973. The summed E-state index contributed by atoms with van der Waals surface area (Å²) in [4.78, 5) is 25.6. The van der Waals surface area contributed by atoms with Crippen molar-refractivity contribution in [3.8, 4) is 17.0 Å². The second-order valence-corrected chi connectivity index (χ2v) is 9.02. The Hall–Kier alpha value is -3.68. The van der Waals surface area contributed by atoms with Crippen LogP contribution in [0.15, 0.2) is 48.5 Å². The molecule has 3 N–H and O–H groups in total. The van der Waals surface area contributed by atoms with Crippen molar-refractivity contribution < 1.29 is 19.1 Å². The first-order chi connectivity index (χ1) is 16.9. The van der Waals surface area contributed by atoms with Crippen molar-refractivity contribution in [1.29, 1.82) is 0 Å². The number of nitrogens with one attached hydrogen (secondary N) is 2. The highest BCUT2D eigenvalue weighted by atomic mass is 19.1. The van der Waals surface area contributed by atoms with Gasteiger partial charge in [-0.2, -0.15) is 9.78 Å². The number of benzene rings is 2. The van der Waals surface area contributed by atoms with E-state index in [9.17, 15) is 19.1 Å². The molecule has 0 bridgehead atoms. The molecule has 0 aliphatic heterocycles. The summed E-state index contributed by atoms with van der Waals surface area (Å²) < 4.78 is 14.8. The lowest BCUT2D eigenvalue weighted by molar-refractivity contribution is -0.120. The molecule has 7 nitrogen and oxygen atoms in total. The van der Waals surface area contributed by atoms with Gasteiger partial charge in [0.1, 0.15) is 11.6 Å². The average molecular weight is 479 g/mol. The summed E-state index contributed by atoms with van der Waals surface area (Å²) in [6.07, 6.45) is 4.48. The molecule has 184 valence electrons. The maximum atomic E-state index is 13.5. The first kappa shape index (κ1) is 24.4. The molecule has 1 aliphatic carbocycles. The molecule has 0 unspecified atom stereocenters. The van der Waals surface area contributed by atoms with Gasteiger partial charge in [-0.1, -0.05) is 32.4 Å². The molecule has 4 rings (SSSR count). The number of phenolic OH excluding ortho intramolecular Hbond substituents is 1. The molecule has 2 amide bonds. The summed E-state index contributed by atoms with van der Waals surface area (Å²) in [7, 11) is 0. The number of aromatic hydroxyl groups is 1. The summed E-state index contributed by atoms with van der Waals surface area (Å²) in [6, 6.07) is 12.3. The molecule has 1 fully saturated rings. The van der Waals surface area contributed by atoms with Gasteiger partial charge >= 0.3 is 6.03 Å². The lowest BCUT2D eigenvalue weighted by atomic mass is 9.82. The number of halogens is 1. The zero-order valence-corrected chi connectivity index (χ0v) is 20.1. The van der Waals surface area contributed by atoms with E-state index in [1.54, 1.807) is 24.3 Å². The number of nitrogens with zero attached hydrogens (tertiary/aromatic N) is 2. The summed E-state index contributed by atoms with van der Waals surface area (Å²) in [5.74, 6) is -0.297. The summed E-state index contributed by atoms with van der Waals surface area (Å²) >= 11 is 0. The van der Waals surface area contributed by atoms with E-state index in [1.165, 1.54) is 22.9 Å². The number of carbonyl (C=O) groups is 2. The third kappa shape index (κ3) is 5.53. The van der Waals surface area contributed by atoms with E-state index >= 15 is 0 Å². The first-order valence-corrected chi connectivity index (χ1v) is 12.2. The lowest BCUT2D eigenvalue weighted by Crippen LogP contribution is -2.31. The van der Waals surface area contributed by atoms with Gasteiger partial charge in [-0.3, -0.25) is 4.79 Å². The number of phenols is 1. The van der Waals surface area contributed by atoms with Gasteiger partial charge in [-0.25, -0.2) is 9.18 Å². The van der Waals surface area contributed by atoms with Crippen LogP contribution in [0.2, 0.25) is 0 Å². The van der Waals surface area contributed by atoms with Crippen molar-refractivity contribution in [2.24, 2.45) is 5.92 Å². The number of hydrogen-bond acceptors (Lipinski definition) is 4. The maximum Gasteiger partial charge on any atom is 0.342 e. The summed E-state index contributed by atoms with van der Waals surface area (Å²) in [6.45, 7) is 4.12. The molecule has 0 radical (unpaired) electrons. The van der Waals surface area contributed by atoms with Gasteiger partial charge in [0.05, 0.1) is 11.4 Å². The number of aromatic nitrogens is 2. The second-order valence-electron chi connectivity index (χ2n) is 9.02. The zero-order valence-electron chi connectivity index (χ0n) is 20.1. The van der Waals surface area contributed by atoms with Crippen LogP contribution in [0.1, 0.15) is 63.1 Å². The fourth-order valence-corrected chi connectivity index (χ4v) is 4.31. The smallest absolute Gasteiger partial charge is 0.342 e. The molecule has 0 saturated heterocycles. The third-order valence-electron chi connectivity index (χ3n) is 6.68. The van der Waals surface area contributed by atoms with E-state index in [-0.39, 0.29) is 35.9 Å². The number of anilines is 1. The van der Waals surface area contributed by atoms with Crippen LogP contribution in [0.25, 0.3) is 11.3 Å². The standard InChI is InChI=1S/C27H31FN4O3/c1-3-18(4-2)26(34)30-21-11-12-25(33)22(14-21)23-15-24(19-8-6-9-19)32(31-23)27(35)29-16-17-7-5-10-20(28)13-17/h5,7,10-15,18-19,33H,3-4,6,8-9,16H2,1-2H3,(H,29,35)(H,30,34). The quantitative estimate of drug-likeness (QED) is 0.357. The number of carbonyl (C=O) groups excluding carboxylic acids is 2. The highest BCUT2D eigenvalue weighted by Gasteiger charge is 2.28. The maximum absolute atomic E-state index is 13.5. The molecule has 1 aromatic heterocycles. The number of hydrogen-bond donors (Lipinski definition) is 3. The minimum Gasteiger partial charge on any atom is -0.507 e. The molecule has 1 heterocycles. The van der Waals surface area contributed by atoms with Crippen molar-refractivity contribution in [2.45, 2.75) is 58.4 Å². The molecular formula is C27H31FN4O3. The molecule has 1 aliphatic rings. The van der Waals surface area contributed by atoms with Gasteiger partial charge in [0.15, 0.2) is 0 Å². The van der Waals surface area contributed by atoms with Crippen LogP contribution in [0, 0.1) is 11.7 Å². The minimum atomic E-state index is -0.417. The number of amides is 2. The average Bonchev–Trinajstić information content (AvgIpc) is 3.23. The van der Waals surface area contributed by atoms with Gasteiger partial charge in [0.25, 0.3) is 0 Å². The normalized spacial score (nSPS) is 13.5. The Balaban J connectivity index is 1.59. The van der Waals surface area contributed by atoms with Crippen LogP contribution < -0.4 is 10.6 Å². The van der Waals surface area contributed by atoms with E-state index in [2.05, 4.69) is 15.7 Å². The molecule has 2 aromatic carbocycles. The second kappa shape index (κ2) is 10.7. The van der Waals surface area contributed by atoms with E-state index < -0.39 is 6.03 Å². The van der Waals surface area contributed by atoms with Crippen molar-refractivity contribution in [3.63, 3.8) is 0 Å². The zero-order chi connectivity index (χ0) is 24.9. The van der Waals surface area contributed by atoms with E-state index in [0.717, 1.165) is 37.8 Å². The Labute approximate surface area is 204 Å². The SMILES string of the molecule is CCC(CC)C(=O)Nc1ccc(O)c(-c2cc(C3CCC3)n(C(=O)NCc3cccc(F)c3)n2)c1. The highest BCUT2D eigenvalue weighted by molar-refractivity contribution is 5.93. The predicted molar refractivity (Wildman–Crippen MR) is 133 cm³/mol. The largest absolute Gasteiger partial charge is 0.507 e. The van der Waals surface area contributed by atoms with Gasteiger partial charge in [-0.15, -0.1) is 0 Å². The van der Waals surface area contributed by atoms with Gasteiger partial charge in [0.2, 0.25) is 5.91 Å². The van der Waals surface area contributed by atoms with Crippen molar-refractivity contribution in [1.82, 2.24) is 15.1 Å². The van der Waals surface area contributed by atoms with Crippen molar-refractivity contribution >= 4 is 17.6 Å². The summed E-state index contributed by atoms with van der Waals surface area (Å²) in [5.41, 5.74) is 2.86. The topological polar surface area (TPSA) is 96.2 Å². The Kier molecular flexibility index (Phi) is 7.48. The molecule has 35 heavy (non-hydrogen) atoms. The molecule has 0 spiro atoms. The predicted octanol–water partition coefficient (Wildman–Crippen LogP) is 5.79. The third-order valence-corrected chi connectivity index (χ3v) is 6.68. The Morgan fingerprint density at radius 1 is 1.14 bits per heavy atom. The molecule has 8 heteroatoms. The van der Waals surface area contributed by atoms with Gasteiger partial charge in [0, 0.05) is 29.6 Å². The Bertz CT molecular complexity index is 1210. The Morgan fingerprint density at radius 2 is 1.91 bits per heavy atom. The Morgan fingerprint density at radius 3 is 2.57 bits per heavy atom. The van der Waals surface area contributed by atoms with E-state index in [1.807, 2.05) is 19.9 Å². The van der Waals surface area contributed by atoms with Crippen LogP contribution in [-0.4, -0.2) is 26.8 Å². The monoisotopic (exact) mass is 478 g/mol. The van der Waals surface area contributed by atoms with Crippen LogP contribution in [0.3, 0.4) is 0 Å². The first-order valence-electron chi connectivity index (χ1n) is 12.2. The fraction of sp³-hybridized carbons (Fsp3) is 0.370. The number of rotatable bonds is 8. The van der Waals surface area contributed by atoms with E-state index in [0.29, 0.717) is 22.5 Å². The van der Waals surface area contributed by atoms with Gasteiger partial charge in [-0.05, 0) is 67.6 Å². The van der Waals surface area contributed by atoms with Gasteiger partial charge < -0.3 is 15.7 Å². The van der Waals surface area contributed by atoms with E-state index in [4.69, 9.17) is 0 Å². The van der Waals surface area contributed by atoms with Crippen LogP contribution >= 0.6 is 0 Å². The van der Waals surface area contributed by atoms with Crippen molar-refractivity contribution in [2.75, 3.05) is 5.32 Å². The molecule has 1 saturated carbocycles. The van der Waals surface area contributed by atoms with Crippen LogP contribution in [-0.2, 0) is 11.3 Å².